The van der Waals surface area contributed by atoms with Crippen LogP contribution in [0.25, 0.3) is 0 Å². The van der Waals surface area contributed by atoms with Crippen LogP contribution in [0.1, 0.15) is 18.2 Å². The number of aryl methyl sites for hydroxylation is 1. The Labute approximate surface area is 192 Å². The number of hydrogen-bond donors (Lipinski definition) is 1. The predicted molar refractivity (Wildman–Crippen MR) is 121 cm³/mol. The normalized spacial score (nSPS) is 12.0. The first-order chi connectivity index (χ1) is 15.2. The smallest absolute Gasteiger partial charge is 0.404 e. The number of hydrogen-bond acceptors (Lipinski definition) is 4. The molecule has 0 aliphatic heterocycles. The molecule has 6 nitrogen and oxygen atoms in total. The predicted octanol–water partition coefficient (Wildman–Crippen LogP) is 4.93. The minimum Gasteiger partial charge on any atom is -0.487 e. The molecule has 2 N–H and O–H groups in total. The number of ether oxygens (including phenoxy) is 2. The van der Waals surface area contributed by atoms with Gasteiger partial charge in [-0.05, 0) is 53.6 Å². The van der Waals surface area contributed by atoms with Gasteiger partial charge < -0.3 is 19.8 Å². The van der Waals surface area contributed by atoms with Crippen molar-refractivity contribution in [2.45, 2.75) is 27.0 Å². The number of rotatable bonds is 9. The van der Waals surface area contributed by atoms with Crippen molar-refractivity contribution >= 4 is 22.0 Å². The fourth-order valence-corrected chi connectivity index (χ4v) is 3.19. The summed E-state index contributed by atoms with van der Waals surface area (Å²) in [4.78, 5) is 23.5. The van der Waals surface area contributed by atoms with Crippen molar-refractivity contribution in [2.24, 2.45) is 5.73 Å². The lowest BCUT2D eigenvalue weighted by atomic mass is 10.2. The third kappa shape index (κ3) is 7.19. The van der Waals surface area contributed by atoms with E-state index in [0.29, 0.717) is 5.69 Å². The number of amides is 1. The maximum absolute atomic E-state index is 13.8. The number of carbonyl (C=O) groups excluding carboxylic acids is 1. The van der Waals surface area contributed by atoms with Crippen LogP contribution in [-0.4, -0.2) is 17.3 Å². The molecule has 1 aromatic carbocycles. The molecule has 9 heteroatoms. The first kappa shape index (κ1) is 25.1. The summed E-state index contributed by atoms with van der Waals surface area (Å²) in [6.45, 7) is 3.77. The average molecular weight is 509 g/mol. The van der Waals surface area contributed by atoms with E-state index in [1.807, 2.05) is 19.1 Å². The van der Waals surface area contributed by atoms with E-state index in [1.54, 1.807) is 35.8 Å². The second-order valence-electron chi connectivity index (χ2n) is 6.68. The highest BCUT2D eigenvalue weighted by Crippen LogP contribution is 2.24. The molecule has 0 radical (unpaired) electrons. The first-order valence-electron chi connectivity index (χ1n) is 9.60. The van der Waals surface area contributed by atoms with E-state index in [4.69, 9.17) is 10.5 Å². The van der Waals surface area contributed by atoms with Gasteiger partial charge in [0.1, 0.15) is 35.1 Å². The van der Waals surface area contributed by atoms with Crippen LogP contribution in [0.3, 0.4) is 0 Å². The summed E-state index contributed by atoms with van der Waals surface area (Å²) in [5.74, 6) is -1.14. The number of halogens is 3. The van der Waals surface area contributed by atoms with E-state index in [-0.39, 0.29) is 41.1 Å². The second-order valence-corrected chi connectivity index (χ2v) is 7.47. The fourth-order valence-electron chi connectivity index (χ4n) is 2.75. The van der Waals surface area contributed by atoms with Gasteiger partial charge in [-0.15, -0.1) is 0 Å². The number of benzene rings is 1. The van der Waals surface area contributed by atoms with Gasteiger partial charge in [0.25, 0.3) is 5.56 Å². The van der Waals surface area contributed by atoms with Crippen molar-refractivity contribution < 1.29 is 23.0 Å². The molecule has 32 heavy (non-hydrogen) atoms. The highest BCUT2D eigenvalue weighted by Gasteiger charge is 2.14. The molecule has 0 aliphatic carbocycles. The molecular formula is C23H23BrF2N2O4. The highest BCUT2D eigenvalue weighted by molar-refractivity contribution is 9.10. The van der Waals surface area contributed by atoms with E-state index < -0.39 is 17.7 Å². The Bertz CT molecular complexity index is 1120. The van der Waals surface area contributed by atoms with E-state index in [2.05, 4.69) is 20.7 Å². The van der Waals surface area contributed by atoms with Crippen molar-refractivity contribution in [3.8, 4) is 5.75 Å². The van der Waals surface area contributed by atoms with Gasteiger partial charge >= 0.3 is 6.09 Å². The van der Waals surface area contributed by atoms with Gasteiger partial charge in [-0.25, -0.2) is 13.6 Å². The van der Waals surface area contributed by atoms with E-state index >= 15 is 0 Å². The van der Waals surface area contributed by atoms with Gasteiger partial charge in [0.2, 0.25) is 0 Å². The SMILES string of the molecule is C\C=C/C(=C\C=C\COC(N)=O)Cn1c(C)cc(OCc2ccc(F)cc2F)c(Br)c1=O. The molecule has 0 fully saturated rings. The third-order valence-electron chi connectivity index (χ3n) is 4.30. The molecule has 0 unspecified atom stereocenters. The van der Waals surface area contributed by atoms with Crippen molar-refractivity contribution in [2.75, 3.05) is 6.61 Å². The second kappa shape index (κ2) is 12.0. The van der Waals surface area contributed by atoms with Crippen LogP contribution in [0, 0.1) is 18.6 Å². The molecule has 1 heterocycles. The summed E-state index contributed by atoms with van der Waals surface area (Å²) in [7, 11) is 0. The van der Waals surface area contributed by atoms with Crippen LogP contribution in [0.2, 0.25) is 0 Å². The molecule has 0 atom stereocenters. The zero-order valence-corrected chi connectivity index (χ0v) is 19.2. The number of primary amides is 1. The third-order valence-corrected chi connectivity index (χ3v) is 5.03. The minimum atomic E-state index is -0.858. The molecule has 0 saturated carbocycles. The van der Waals surface area contributed by atoms with Gasteiger partial charge in [-0.2, -0.15) is 0 Å². The van der Waals surface area contributed by atoms with Crippen molar-refractivity contribution in [3.63, 3.8) is 0 Å². The fraction of sp³-hybridized carbons (Fsp3) is 0.217. The quantitative estimate of drug-likeness (QED) is 0.486. The van der Waals surface area contributed by atoms with E-state index in [0.717, 1.165) is 17.7 Å². The van der Waals surface area contributed by atoms with Gasteiger partial charge in [-0.3, -0.25) is 4.79 Å². The monoisotopic (exact) mass is 508 g/mol. The van der Waals surface area contributed by atoms with Gasteiger partial charge in [0.05, 0.1) is 6.54 Å². The number of nitrogens with two attached hydrogens (primary N) is 1. The van der Waals surface area contributed by atoms with Gasteiger partial charge in [-0.1, -0.05) is 24.3 Å². The Hall–Kier alpha value is -3.20. The molecule has 0 saturated heterocycles. The van der Waals surface area contributed by atoms with E-state index in [9.17, 15) is 18.4 Å². The number of nitrogens with zero attached hydrogens (tertiary/aromatic N) is 1. The summed E-state index contributed by atoms with van der Waals surface area (Å²) >= 11 is 3.26. The molecule has 0 spiro atoms. The van der Waals surface area contributed by atoms with Crippen molar-refractivity contribution in [1.82, 2.24) is 4.57 Å². The van der Waals surface area contributed by atoms with Crippen molar-refractivity contribution in [3.05, 3.63) is 97.9 Å². The van der Waals surface area contributed by atoms with Crippen LogP contribution < -0.4 is 16.0 Å². The number of pyridine rings is 1. The maximum Gasteiger partial charge on any atom is 0.404 e. The Morgan fingerprint density at radius 3 is 2.69 bits per heavy atom. The molecule has 2 rings (SSSR count). The summed E-state index contributed by atoms with van der Waals surface area (Å²) in [6.07, 6.45) is 7.92. The Kier molecular flexibility index (Phi) is 9.39. The van der Waals surface area contributed by atoms with E-state index in [1.165, 1.54) is 6.07 Å². The summed E-state index contributed by atoms with van der Waals surface area (Å²) < 4.78 is 38.9. The lowest BCUT2D eigenvalue weighted by Crippen LogP contribution is -2.24. The molecule has 0 bridgehead atoms. The Morgan fingerprint density at radius 2 is 2.03 bits per heavy atom. The standard InChI is InChI=1S/C23H23BrF2N2O4/c1-3-6-16(7-4-5-10-31-23(27)30)13-28-15(2)11-20(21(24)22(28)29)32-14-17-8-9-18(25)12-19(17)26/h3-9,11-12H,10,13-14H2,1-2H3,(H2,27,30)/b5-4+,6-3-,16-7+. The molecule has 2 aromatic rings. The van der Waals surface area contributed by atoms with Crippen LogP contribution in [-0.2, 0) is 17.9 Å². The number of allylic oxidation sites excluding steroid dienone is 5. The number of carbonyl (C=O) groups is 1. The Morgan fingerprint density at radius 1 is 1.28 bits per heavy atom. The molecule has 1 aromatic heterocycles. The molecule has 0 aliphatic rings. The zero-order chi connectivity index (χ0) is 23.7. The first-order valence-corrected chi connectivity index (χ1v) is 10.4. The van der Waals surface area contributed by atoms with Gasteiger partial charge in [0, 0.05) is 23.4 Å². The lowest BCUT2D eigenvalue weighted by Gasteiger charge is -2.15. The van der Waals surface area contributed by atoms with Crippen molar-refractivity contribution in [1.29, 1.82) is 0 Å². The van der Waals surface area contributed by atoms with Crippen LogP contribution in [0.4, 0.5) is 13.6 Å². The summed E-state index contributed by atoms with van der Waals surface area (Å²) in [5.41, 5.74) is 6.20. The average Bonchev–Trinajstić information content (AvgIpc) is 2.73. The molecule has 170 valence electrons. The summed E-state index contributed by atoms with van der Waals surface area (Å²) in [5, 5.41) is 0. The minimum absolute atomic E-state index is 0.0418. The number of aromatic nitrogens is 1. The zero-order valence-electron chi connectivity index (χ0n) is 17.6. The summed E-state index contributed by atoms with van der Waals surface area (Å²) in [6, 6.07) is 4.88. The van der Waals surface area contributed by atoms with Crippen LogP contribution in [0.15, 0.2) is 69.5 Å². The Balaban J connectivity index is 2.21. The largest absolute Gasteiger partial charge is 0.487 e. The highest BCUT2D eigenvalue weighted by atomic mass is 79.9. The van der Waals surface area contributed by atoms with Crippen LogP contribution in [0.5, 0.6) is 5.75 Å². The van der Waals surface area contributed by atoms with Crippen LogP contribution >= 0.6 is 15.9 Å². The topological polar surface area (TPSA) is 83.6 Å². The lowest BCUT2D eigenvalue weighted by molar-refractivity contribution is 0.169. The molecular weight excluding hydrogens is 486 g/mol. The molecule has 1 amide bonds. The van der Waals surface area contributed by atoms with Gasteiger partial charge in [0.15, 0.2) is 0 Å². The maximum atomic E-state index is 13.8.